The molecule has 0 bridgehead atoms. The Morgan fingerprint density at radius 3 is 2.43 bits per heavy atom. The van der Waals surface area contributed by atoms with E-state index in [1.54, 1.807) is 7.05 Å². The smallest absolute Gasteiger partial charge is 0.144 e. The first-order valence-corrected chi connectivity index (χ1v) is 10.6. The van der Waals surface area contributed by atoms with Crippen LogP contribution in [0.3, 0.4) is 0 Å². The normalized spacial score (nSPS) is 16.4. The van der Waals surface area contributed by atoms with Gasteiger partial charge in [0.2, 0.25) is 0 Å². The largest absolute Gasteiger partial charge is 0.489 e. The van der Waals surface area contributed by atoms with Crippen LogP contribution in [0.1, 0.15) is 63.8 Å². The third-order valence-corrected chi connectivity index (χ3v) is 5.26. The molecule has 0 aromatic carbocycles. The number of aromatic nitrogens is 1. The van der Waals surface area contributed by atoms with Gasteiger partial charge in [0.1, 0.15) is 11.6 Å². The van der Waals surface area contributed by atoms with E-state index in [1.807, 2.05) is 19.1 Å². The molecule has 1 fully saturated rings. The molecule has 2 rings (SSSR count). The van der Waals surface area contributed by atoms with Crippen LogP contribution < -0.4 is 28.0 Å². The number of hydrogen-bond donors (Lipinski definition) is 4. The summed E-state index contributed by atoms with van der Waals surface area (Å²) >= 11 is 0. The van der Waals surface area contributed by atoms with Crippen LogP contribution in [-0.4, -0.2) is 40.5 Å². The van der Waals surface area contributed by atoms with Crippen molar-refractivity contribution in [2.75, 3.05) is 13.6 Å². The van der Waals surface area contributed by atoms with Gasteiger partial charge < -0.3 is 21.3 Å². The highest BCUT2D eigenvalue weighted by Crippen LogP contribution is 2.26. The molecule has 1 aromatic heterocycles. The highest BCUT2D eigenvalue weighted by Gasteiger charge is 2.19. The van der Waals surface area contributed by atoms with E-state index in [2.05, 4.69) is 23.9 Å². The van der Waals surface area contributed by atoms with Gasteiger partial charge in [0.05, 0.1) is 35.3 Å². The summed E-state index contributed by atoms with van der Waals surface area (Å²) < 4.78 is 6.17. The Balaban J connectivity index is 2.23. The van der Waals surface area contributed by atoms with Crippen molar-refractivity contribution in [3.63, 3.8) is 0 Å². The van der Waals surface area contributed by atoms with Gasteiger partial charge in [-0.1, -0.05) is 20.3 Å². The third-order valence-electron chi connectivity index (χ3n) is 5.26. The molecule has 0 aliphatic heterocycles. The number of hydrazone groups is 1. The fourth-order valence-electron chi connectivity index (χ4n) is 3.61. The number of hydrogen-bond acceptors (Lipinski definition) is 8. The summed E-state index contributed by atoms with van der Waals surface area (Å²) in [5.41, 5.74) is 8.95. The maximum Gasteiger partial charge on any atom is 0.144 e. The Bertz CT molecular complexity index is 753. The van der Waals surface area contributed by atoms with Crippen molar-refractivity contribution in [3.05, 3.63) is 29.2 Å². The van der Waals surface area contributed by atoms with Gasteiger partial charge in [0.15, 0.2) is 0 Å². The molecule has 9 heteroatoms. The standard InChI is InChI=1S/C21H38N8O/c1-14(2)13-29(25)20(27-23)12-18(28(4)24)21(22)17-10-11-19(15(3)26-17)30-16-8-6-5-7-9-16/h10-11,14,16H,5-9,12-13,22-25H2,1-4H3/b21-18-,27-20-. The molecule has 1 aliphatic rings. The predicted octanol–water partition coefficient (Wildman–Crippen LogP) is 2.03. The van der Waals surface area contributed by atoms with Crippen molar-refractivity contribution >= 4 is 11.5 Å². The quantitative estimate of drug-likeness (QED) is 0.217. The monoisotopic (exact) mass is 418 g/mol. The van der Waals surface area contributed by atoms with E-state index in [0.29, 0.717) is 41.8 Å². The summed E-state index contributed by atoms with van der Waals surface area (Å²) in [4.78, 5) is 4.66. The number of hydrazine groups is 2. The number of pyridine rings is 1. The number of ether oxygens (including phenoxy) is 1. The molecule has 30 heavy (non-hydrogen) atoms. The molecule has 8 N–H and O–H groups in total. The third kappa shape index (κ3) is 6.50. The zero-order valence-corrected chi connectivity index (χ0v) is 18.8. The van der Waals surface area contributed by atoms with E-state index in [1.165, 1.54) is 29.3 Å². The lowest BCUT2D eigenvalue weighted by Crippen LogP contribution is -2.42. The second-order valence-corrected chi connectivity index (χ2v) is 8.40. The molecule has 1 heterocycles. The maximum absolute atomic E-state index is 6.45. The number of rotatable bonds is 8. The first-order chi connectivity index (χ1) is 14.2. The molecule has 0 radical (unpaired) electrons. The molecule has 1 aromatic rings. The molecule has 0 atom stereocenters. The second kappa shape index (κ2) is 11.0. The highest BCUT2D eigenvalue weighted by molar-refractivity contribution is 5.85. The van der Waals surface area contributed by atoms with Gasteiger partial charge in [0.25, 0.3) is 0 Å². The van der Waals surface area contributed by atoms with E-state index < -0.39 is 0 Å². The zero-order chi connectivity index (χ0) is 22.3. The average Bonchev–Trinajstić information content (AvgIpc) is 2.69. The zero-order valence-electron chi connectivity index (χ0n) is 18.8. The molecule has 168 valence electrons. The molecule has 0 saturated heterocycles. The van der Waals surface area contributed by atoms with Gasteiger partial charge in [-0.3, -0.25) is 5.01 Å². The van der Waals surface area contributed by atoms with Crippen LogP contribution in [0.5, 0.6) is 5.75 Å². The molecular weight excluding hydrogens is 380 g/mol. The number of aryl methyl sites for hydroxylation is 1. The van der Waals surface area contributed by atoms with Gasteiger partial charge in [0, 0.05) is 13.6 Å². The van der Waals surface area contributed by atoms with E-state index in [4.69, 9.17) is 28.0 Å². The lowest BCUT2D eigenvalue weighted by atomic mass is 9.98. The summed E-state index contributed by atoms with van der Waals surface area (Å²) in [5, 5.41) is 6.82. The Morgan fingerprint density at radius 1 is 1.23 bits per heavy atom. The van der Waals surface area contributed by atoms with Crippen molar-refractivity contribution in [1.82, 2.24) is 15.0 Å². The Kier molecular flexibility index (Phi) is 8.73. The minimum atomic E-state index is 0.267. The van der Waals surface area contributed by atoms with E-state index in [9.17, 15) is 0 Å². The van der Waals surface area contributed by atoms with E-state index in [-0.39, 0.29) is 6.10 Å². The molecule has 0 spiro atoms. The first-order valence-electron chi connectivity index (χ1n) is 10.6. The fourth-order valence-corrected chi connectivity index (χ4v) is 3.61. The topological polar surface area (TPSA) is 145 Å². The van der Waals surface area contributed by atoms with Crippen molar-refractivity contribution in [3.8, 4) is 5.75 Å². The lowest BCUT2D eigenvalue weighted by molar-refractivity contribution is 0.153. The maximum atomic E-state index is 6.45. The second-order valence-electron chi connectivity index (χ2n) is 8.40. The van der Waals surface area contributed by atoms with Crippen LogP contribution >= 0.6 is 0 Å². The SMILES string of the molecule is Cc1nc(/C(N)=C(\C/C(=N/N)N(N)CC(C)C)N(C)N)ccc1OC1CCCCC1. The van der Waals surface area contributed by atoms with Crippen LogP contribution in [0.15, 0.2) is 22.9 Å². The molecule has 0 unspecified atom stereocenters. The van der Waals surface area contributed by atoms with Gasteiger partial charge in [-0.05, 0) is 50.7 Å². The fraction of sp³-hybridized carbons (Fsp3) is 0.619. The van der Waals surface area contributed by atoms with Gasteiger partial charge in [-0.2, -0.15) is 5.10 Å². The molecule has 1 aliphatic carbocycles. The van der Waals surface area contributed by atoms with Crippen LogP contribution in [0, 0.1) is 12.8 Å². The minimum Gasteiger partial charge on any atom is -0.489 e. The van der Waals surface area contributed by atoms with Crippen LogP contribution in [-0.2, 0) is 0 Å². The summed E-state index contributed by atoms with van der Waals surface area (Å²) in [5.74, 6) is 19.4. The lowest BCUT2D eigenvalue weighted by Gasteiger charge is -2.26. The molecular formula is C21H38N8O. The van der Waals surface area contributed by atoms with Crippen molar-refractivity contribution in [1.29, 1.82) is 0 Å². The average molecular weight is 419 g/mol. The summed E-state index contributed by atoms with van der Waals surface area (Å²) in [6, 6.07) is 3.79. The van der Waals surface area contributed by atoms with Crippen LogP contribution in [0.4, 0.5) is 0 Å². The van der Waals surface area contributed by atoms with E-state index >= 15 is 0 Å². The van der Waals surface area contributed by atoms with Crippen molar-refractivity contribution in [2.24, 2.45) is 34.3 Å². The predicted molar refractivity (Wildman–Crippen MR) is 122 cm³/mol. The number of amidine groups is 1. The number of nitrogens with two attached hydrogens (primary N) is 4. The first kappa shape index (κ1) is 23.8. The highest BCUT2D eigenvalue weighted by atomic mass is 16.5. The minimum absolute atomic E-state index is 0.267. The Labute approximate surface area is 180 Å². The van der Waals surface area contributed by atoms with Crippen LogP contribution in [0.2, 0.25) is 0 Å². The Hall–Kier alpha value is -2.52. The summed E-state index contributed by atoms with van der Waals surface area (Å²) in [6.07, 6.45) is 6.48. The van der Waals surface area contributed by atoms with Crippen LogP contribution in [0.25, 0.3) is 5.70 Å². The Morgan fingerprint density at radius 2 is 1.90 bits per heavy atom. The van der Waals surface area contributed by atoms with Gasteiger partial charge >= 0.3 is 0 Å². The van der Waals surface area contributed by atoms with Crippen molar-refractivity contribution < 1.29 is 4.74 Å². The van der Waals surface area contributed by atoms with E-state index in [0.717, 1.165) is 24.3 Å². The summed E-state index contributed by atoms with van der Waals surface area (Å²) in [7, 11) is 1.72. The molecule has 9 nitrogen and oxygen atoms in total. The van der Waals surface area contributed by atoms with Crippen molar-refractivity contribution in [2.45, 2.75) is 65.4 Å². The number of nitrogens with zero attached hydrogens (tertiary/aromatic N) is 4. The summed E-state index contributed by atoms with van der Waals surface area (Å²) in [6.45, 7) is 6.68. The molecule has 0 amide bonds. The van der Waals surface area contributed by atoms with Gasteiger partial charge in [-0.15, -0.1) is 0 Å². The molecule has 1 saturated carbocycles. The van der Waals surface area contributed by atoms with Gasteiger partial charge in [-0.25, -0.2) is 16.7 Å².